The van der Waals surface area contributed by atoms with E-state index in [1.54, 1.807) is 7.11 Å². The minimum atomic E-state index is -0.509. The number of methoxy groups -OCH3 is 1. The zero-order valence-electron chi connectivity index (χ0n) is 14.1. The molecule has 0 aliphatic carbocycles. The molecular weight excluding hydrogens is 290 g/mol. The lowest BCUT2D eigenvalue weighted by molar-refractivity contribution is 0.0636. The van der Waals surface area contributed by atoms with Crippen molar-refractivity contribution in [1.82, 2.24) is 0 Å². The van der Waals surface area contributed by atoms with E-state index in [1.165, 1.54) is 5.56 Å². The third-order valence-corrected chi connectivity index (χ3v) is 3.14. The first-order valence-electron chi connectivity index (χ1n) is 7.57. The van der Waals surface area contributed by atoms with Gasteiger partial charge in [-0.15, -0.1) is 0 Å². The van der Waals surface area contributed by atoms with E-state index in [9.17, 15) is 4.79 Å². The summed E-state index contributed by atoms with van der Waals surface area (Å²) in [4.78, 5) is 11.8. The van der Waals surface area contributed by atoms with Gasteiger partial charge in [0, 0.05) is 5.69 Å². The second-order valence-electron chi connectivity index (χ2n) is 6.35. The highest BCUT2D eigenvalue weighted by Gasteiger charge is 2.16. The van der Waals surface area contributed by atoms with Crippen molar-refractivity contribution in [3.05, 3.63) is 59.7 Å². The number of ether oxygens (including phenoxy) is 2. The van der Waals surface area contributed by atoms with Crippen LogP contribution in [0.5, 0.6) is 5.75 Å². The number of hydrogen-bond acceptors (Lipinski definition) is 3. The summed E-state index contributed by atoms with van der Waals surface area (Å²) in [5, 5.41) is 2.76. The number of carbonyl (C=O) groups is 1. The van der Waals surface area contributed by atoms with Gasteiger partial charge < -0.3 is 9.47 Å². The van der Waals surface area contributed by atoms with Crippen molar-refractivity contribution in [2.45, 2.75) is 32.8 Å². The maximum atomic E-state index is 11.8. The second-order valence-corrected chi connectivity index (χ2v) is 6.35. The van der Waals surface area contributed by atoms with Crippen LogP contribution in [0.15, 0.2) is 48.5 Å². The lowest BCUT2D eigenvalue weighted by Crippen LogP contribution is -2.27. The predicted molar refractivity (Wildman–Crippen MR) is 92.1 cm³/mol. The van der Waals surface area contributed by atoms with E-state index in [1.807, 2.05) is 69.3 Å². The van der Waals surface area contributed by atoms with Crippen LogP contribution in [0.3, 0.4) is 0 Å². The molecule has 0 fully saturated rings. The Kier molecular flexibility index (Phi) is 5.27. The third-order valence-electron chi connectivity index (χ3n) is 3.14. The Balaban J connectivity index is 2.02. The molecule has 0 bridgehead atoms. The van der Waals surface area contributed by atoms with Crippen LogP contribution in [0.2, 0.25) is 0 Å². The molecule has 122 valence electrons. The summed E-state index contributed by atoms with van der Waals surface area (Å²) in [5.74, 6) is 0.842. The molecule has 0 heterocycles. The Labute approximate surface area is 137 Å². The Bertz CT molecular complexity index is 657. The largest absolute Gasteiger partial charge is 0.497 e. The van der Waals surface area contributed by atoms with Crippen molar-refractivity contribution in [2.75, 3.05) is 12.4 Å². The van der Waals surface area contributed by atoms with Crippen LogP contribution in [-0.4, -0.2) is 18.8 Å². The van der Waals surface area contributed by atoms with Crippen LogP contribution in [0.1, 0.15) is 31.9 Å². The zero-order chi connectivity index (χ0) is 16.9. The molecule has 4 heteroatoms. The molecule has 1 amide bonds. The van der Waals surface area contributed by atoms with Crippen molar-refractivity contribution in [3.8, 4) is 5.75 Å². The number of amides is 1. The van der Waals surface area contributed by atoms with E-state index in [0.717, 1.165) is 23.4 Å². The third kappa shape index (κ3) is 5.66. The summed E-state index contributed by atoms with van der Waals surface area (Å²) in [6.45, 7) is 5.52. The highest BCUT2D eigenvalue weighted by Crippen LogP contribution is 2.18. The number of rotatable bonds is 4. The van der Waals surface area contributed by atoms with Gasteiger partial charge in [-0.3, -0.25) is 5.32 Å². The Morgan fingerprint density at radius 1 is 1.04 bits per heavy atom. The molecule has 0 saturated heterocycles. The maximum absolute atomic E-state index is 11.8. The number of benzene rings is 2. The summed E-state index contributed by atoms with van der Waals surface area (Å²) >= 11 is 0. The molecule has 0 aliphatic rings. The molecule has 0 saturated carbocycles. The lowest BCUT2D eigenvalue weighted by Gasteiger charge is -2.19. The van der Waals surface area contributed by atoms with Gasteiger partial charge in [-0.25, -0.2) is 4.79 Å². The van der Waals surface area contributed by atoms with Crippen LogP contribution in [0.4, 0.5) is 10.5 Å². The Hall–Kier alpha value is -2.49. The topological polar surface area (TPSA) is 47.6 Å². The van der Waals surface area contributed by atoms with Gasteiger partial charge in [-0.1, -0.05) is 24.3 Å². The second kappa shape index (κ2) is 7.18. The van der Waals surface area contributed by atoms with Gasteiger partial charge in [0.15, 0.2) is 0 Å². The van der Waals surface area contributed by atoms with Crippen LogP contribution in [0, 0.1) is 0 Å². The molecule has 1 N–H and O–H groups in total. The fourth-order valence-corrected chi connectivity index (χ4v) is 2.16. The van der Waals surface area contributed by atoms with Gasteiger partial charge in [0.1, 0.15) is 11.4 Å². The average molecular weight is 313 g/mol. The summed E-state index contributed by atoms with van der Waals surface area (Å²) in [7, 11) is 1.65. The van der Waals surface area contributed by atoms with Gasteiger partial charge in [0.05, 0.1) is 7.11 Å². The van der Waals surface area contributed by atoms with Crippen LogP contribution in [0.25, 0.3) is 0 Å². The number of anilines is 1. The molecule has 2 rings (SSSR count). The molecule has 4 nitrogen and oxygen atoms in total. The molecule has 0 spiro atoms. The maximum Gasteiger partial charge on any atom is 0.412 e. The van der Waals surface area contributed by atoms with Crippen molar-refractivity contribution < 1.29 is 14.3 Å². The molecule has 2 aromatic carbocycles. The number of carbonyl (C=O) groups excluding carboxylic acids is 1. The Morgan fingerprint density at radius 2 is 1.74 bits per heavy atom. The monoisotopic (exact) mass is 313 g/mol. The lowest BCUT2D eigenvalue weighted by atomic mass is 10.0. The highest BCUT2D eigenvalue weighted by molar-refractivity contribution is 5.84. The van der Waals surface area contributed by atoms with E-state index in [-0.39, 0.29) is 0 Å². The molecule has 0 radical (unpaired) electrons. The standard InChI is InChI=1S/C19H23NO3/c1-19(2,3)23-18(21)20-16-7-5-6-15(13-16)12-14-8-10-17(22-4)11-9-14/h5-11,13H,12H2,1-4H3,(H,20,21). The van der Waals surface area contributed by atoms with Gasteiger partial charge in [-0.05, 0) is 62.6 Å². The average Bonchev–Trinajstić information content (AvgIpc) is 2.46. The first-order valence-corrected chi connectivity index (χ1v) is 7.57. The smallest absolute Gasteiger partial charge is 0.412 e. The van der Waals surface area contributed by atoms with Gasteiger partial charge in [0.25, 0.3) is 0 Å². The molecule has 0 unspecified atom stereocenters. The summed E-state index contributed by atoms with van der Waals surface area (Å²) in [5.41, 5.74) is 2.51. The van der Waals surface area contributed by atoms with E-state index < -0.39 is 11.7 Å². The number of hydrogen-bond donors (Lipinski definition) is 1. The van der Waals surface area contributed by atoms with Crippen molar-refractivity contribution in [2.24, 2.45) is 0 Å². The normalized spacial score (nSPS) is 11.0. The van der Waals surface area contributed by atoms with Gasteiger partial charge in [0.2, 0.25) is 0 Å². The molecule has 0 aliphatic heterocycles. The zero-order valence-corrected chi connectivity index (χ0v) is 14.1. The molecule has 2 aromatic rings. The molecular formula is C19H23NO3. The quantitative estimate of drug-likeness (QED) is 0.895. The first-order chi connectivity index (χ1) is 10.9. The molecule has 23 heavy (non-hydrogen) atoms. The minimum absolute atomic E-state index is 0.445. The van der Waals surface area contributed by atoms with Gasteiger partial charge in [-0.2, -0.15) is 0 Å². The van der Waals surface area contributed by atoms with Crippen LogP contribution >= 0.6 is 0 Å². The predicted octanol–water partition coefficient (Wildman–Crippen LogP) is 4.63. The van der Waals surface area contributed by atoms with Crippen LogP contribution in [-0.2, 0) is 11.2 Å². The Morgan fingerprint density at radius 3 is 2.35 bits per heavy atom. The van der Waals surface area contributed by atoms with E-state index >= 15 is 0 Å². The first kappa shape index (κ1) is 16.9. The van der Waals surface area contributed by atoms with Crippen molar-refractivity contribution >= 4 is 11.8 Å². The summed E-state index contributed by atoms with van der Waals surface area (Å²) in [6.07, 6.45) is 0.340. The summed E-state index contributed by atoms with van der Waals surface area (Å²) in [6, 6.07) is 15.7. The van der Waals surface area contributed by atoms with Gasteiger partial charge >= 0.3 is 6.09 Å². The van der Waals surface area contributed by atoms with E-state index in [0.29, 0.717) is 0 Å². The molecule has 0 atom stereocenters. The minimum Gasteiger partial charge on any atom is -0.497 e. The highest BCUT2D eigenvalue weighted by atomic mass is 16.6. The summed E-state index contributed by atoms with van der Waals surface area (Å²) < 4.78 is 10.4. The van der Waals surface area contributed by atoms with Crippen LogP contribution < -0.4 is 10.1 Å². The molecule has 0 aromatic heterocycles. The van der Waals surface area contributed by atoms with Crippen molar-refractivity contribution in [3.63, 3.8) is 0 Å². The fraction of sp³-hybridized carbons (Fsp3) is 0.316. The SMILES string of the molecule is COc1ccc(Cc2cccc(NC(=O)OC(C)(C)C)c2)cc1. The number of nitrogens with one attached hydrogen (secondary N) is 1. The van der Waals surface area contributed by atoms with E-state index in [2.05, 4.69) is 5.32 Å². The van der Waals surface area contributed by atoms with E-state index in [4.69, 9.17) is 9.47 Å². The fourth-order valence-electron chi connectivity index (χ4n) is 2.16. The van der Waals surface area contributed by atoms with Crippen molar-refractivity contribution in [1.29, 1.82) is 0 Å².